The van der Waals surface area contributed by atoms with E-state index in [2.05, 4.69) is 30.6 Å². The largest absolute Gasteiger partial charge is 0.493 e. The number of carbonyl (C=O) groups excluding carboxylic acids is 1. The van der Waals surface area contributed by atoms with Gasteiger partial charge in [-0.3, -0.25) is 4.90 Å². The Morgan fingerprint density at radius 3 is 2.46 bits per heavy atom. The van der Waals surface area contributed by atoms with Crippen molar-refractivity contribution in [1.29, 1.82) is 0 Å². The van der Waals surface area contributed by atoms with Crippen LogP contribution in [0.4, 0.5) is 0 Å². The van der Waals surface area contributed by atoms with E-state index in [0.717, 1.165) is 28.7 Å². The first-order chi connectivity index (χ1) is 20.0. The van der Waals surface area contributed by atoms with Gasteiger partial charge in [0.1, 0.15) is 11.7 Å². The maximum Gasteiger partial charge on any atom is 0.343 e. The fraction of sp³-hybridized carbons (Fsp3) is 0.364. The molecule has 3 heterocycles. The van der Waals surface area contributed by atoms with E-state index in [4.69, 9.17) is 28.4 Å². The van der Waals surface area contributed by atoms with E-state index >= 15 is 0 Å². The molecule has 3 aromatic carbocycles. The Hall–Kier alpha value is -4.35. The molecule has 3 aliphatic rings. The second kappa shape index (κ2) is 10.9. The summed E-state index contributed by atoms with van der Waals surface area (Å²) < 4.78 is 35.0. The Morgan fingerprint density at radius 1 is 0.976 bits per heavy atom. The smallest absolute Gasteiger partial charge is 0.343 e. The number of hydrogen-bond acceptors (Lipinski definition) is 8. The first kappa shape index (κ1) is 26.9. The Kier molecular flexibility index (Phi) is 7.14. The minimum Gasteiger partial charge on any atom is -0.493 e. The third-order valence-corrected chi connectivity index (χ3v) is 7.98. The van der Waals surface area contributed by atoms with Crippen LogP contribution in [-0.4, -0.2) is 51.6 Å². The van der Waals surface area contributed by atoms with Gasteiger partial charge in [0.05, 0.1) is 33.4 Å². The molecule has 0 saturated heterocycles. The number of nitrogens with zero attached hydrogens (tertiary/aromatic N) is 1. The average Bonchev–Trinajstić information content (AvgIpc) is 3.59. The van der Waals surface area contributed by atoms with Gasteiger partial charge in [0, 0.05) is 23.2 Å². The maximum atomic E-state index is 13.5. The van der Waals surface area contributed by atoms with Gasteiger partial charge >= 0.3 is 5.97 Å². The van der Waals surface area contributed by atoms with Crippen LogP contribution in [0, 0.1) is 17.8 Å². The van der Waals surface area contributed by atoms with Gasteiger partial charge in [-0.2, -0.15) is 0 Å². The lowest BCUT2D eigenvalue weighted by molar-refractivity contribution is -0.00809. The van der Waals surface area contributed by atoms with E-state index in [-0.39, 0.29) is 18.8 Å². The summed E-state index contributed by atoms with van der Waals surface area (Å²) in [5, 5.41) is 0. The van der Waals surface area contributed by atoms with Crippen LogP contribution in [0.3, 0.4) is 0 Å². The summed E-state index contributed by atoms with van der Waals surface area (Å²) in [5.74, 6) is 9.30. The summed E-state index contributed by atoms with van der Waals surface area (Å²) in [6, 6.07) is 15.1. The molecule has 3 aliphatic heterocycles. The number of ether oxygens (including phenoxy) is 6. The molecule has 3 aromatic rings. The number of methoxy groups -OCH3 is 3. The lowest BCUT2D eigenvalue weighted by Gasteiger charge is -2.44. The molecule has 41 heavy (non-hydrogen) atoms. The molecule has 0 amide bonds. The molecule has 0 saturated carbocycles. The lowest BCUT2D eigenvalue weighted by atomic mass is 9.83. The summed E-state index contributed by atoms with van der Waals surface area (Å²) in [6.07, 6.45) is 0.0968. The minimum atomic E-state index is -0.648. The summed E-state index contributed by atoms with van der Waals surface area (Å²) in [5.41, 5.74) is 4.03. The highest BCUT2D eigenvalue weighted by Gasteiger charge is 2.48. The molecule has 8 heteroatoms. The van der Waals surface area contributed by atoms with E-state index in [9.17, 15) is 4.79 Å². The number of fused-ring (bicyclic) bond motifs is 3. The number of benzene rings is 3. The van der Waals surface area contributed by atoms with Gasteiger partial charge in [-0.1, -0.05) is 50.0 Å². The molecule has 1 unspecified atom stereocenters. The van der Waals surface area contributed by atoms with Gasteiger partial charge in [0.25, 0.3) is 0 Å². The van der Waals surface area contributed by atoms with Crippen molar-refractivity contribution in [3.05, 3.63) is 76.3 Å². The van der Waals surface area contributed by atoms with Crippen LogP contribution in [0.1, 0.15) is 58.6 Å². The lowest BCUT2D eigenvalue weighted by Crippen LogP contribution is -2.47. The molecule has 0 radical (unpaired) electrons. The molecule has 0 bridgehead atoms. The van der Waals surface area contributed by atoms with Crippen LogP contribution in [-0.2, 0) is 11.2 Å². The molecule has 0 aliphatic carbocycles. The van der Waals surface area contributed by atoms with E-state index in [1.54, 1.807) is 14.2 Å². The number of esters is 1. The predicted octanol–water partition coefficient (Wildman–Crippen LogP) is 5.33. The van der Waals surface area contributed by atoms with Crippen molar-refractivity contribution in [3.8, 4) is 40.6 Å². The van der Waals surface area contributed by atoms with E-state index in [1.165, 1.54) is 7.11 Å². The maximum absolute atomic E-state index is 13.5. The Labute approximate surface area is 240 Å². The summed E-state index contributed by atoms with van der Waals surface area (Å²) in [7, 11) is 4.71. The average molecular weight is 556 g/mol. The molecule has 6 rings (SSSR count). The fourth-order valence-electron chi connectivity index (χ4n) is 6.18. The van der Waals surface area contributed by atoms with Crippen molar-refractivity contribution in [2.24, 2.45) is 5.92 Å². The molecule has 3 atom stereocenters. The zero-order valence-electron chi connectivity index (χ0n) is 23.9. The quantitative estimate of drug-likeness (QED) is 0.299. The third kappa shape index (κ3) is 4.51. The number of carbonyl (C=O) groups is 1. The van der Waals surface area contributed by atoms with Crippen molar-refractivity contribution in [2.75, 3.05) is 34.7 Å². The van der Waals surface area contributed by atoms with Gasteiger partial charge in [-0.25, -0.2) is 4.79 Å². The molecular formula is C33H33NO7. The second-order valence-electron chi connectivity index (χ2n) is 10.6. The zero-order valence-corrected chi connectivity index (χ0v) is 23.9. The number of rotatable bonds is 6. The van der Waals surface area contributed by atoms with Gasteiger partial charge < -0.3 is 28.4 Å². The second-order valence-corrected chi connectivity index (χ2v) is 10.6. The highest BCUT2D eigenvalue weighted by molar-refractivity contribution is 5.98. The molecule has 0 aromatic heterocycles. The minimum absolute atomic E-state index is 0.123. The van der Waals surface area contributed by atoms with Gasteiger partial charge in [0.15, 0.2) is 23.0 Å². The molecule has 0 N–H and O–H groups in total. The SMILES string of the molecule is COc1ccc2c(c1OC)C(=O)O[C@H]2[C@@H]1c2c(cc3c(c2OC)OCO3)CCN1C(C#Cc1ccccc1)C(C)C. The Morgan fingerprint density at radius 2 is 1.76 bits per heavy atom. The van der Waals surface area contributed by atoms with Crippen molar-refractivity contribution in [3.63, 3.8) is 0 Å². The topological polar surface area (TPSA) is 75.7 Å². The van der Waals surface area contributed by atoms with Gasteiger partial charge in [-0.15, -0.1) is 0 Å². The highest BCUT2D eigenvalue weighted by Crippen LogP contribution is 2.56. The molecular weight excluding hydrogens is 522 g/mol. The normalized spacial score (nSPS) is 19.5. The zero-order chi connectivity index (χ0) is 28.7. The van der Waals surface area contributed by atoms with Gasteiger partial charge in [-0.05, 0) is 42.2 Å². The first-order valence-electron chi connectivity index (χ1n) is 13.7. The van der Waals surface area contributed by atoms with E-state index < -0.39 is 18.1 Å². The Bertz CT molecular complexity index is 1540. The van der Waals surface area contributed by atoms with Crippen LogP contribution < -0.4 is 23.7 Å². The predicted molar refractivity (Wildman–Crippen MR) is 152 cm³/mol. The highest BCUT2D eigenvalue weighted by atomic mass is 16.7. The molecule has 212 valence electrons. The van der Waals surface area contributed by atoms with Crippen LogP contribution >= 0.6 is 0 Å². The van der Waals surface area contributed by atoms with Gasteiger partial charge in [0.2, 0.25) is 12.5 Å². The van der Waals surface area contributed by atoms with Crippen molar-refractivity contribution < 1.29 is 33.2 Å². The summed E-state index contributed by atoms with van der Waals surface area (Å²) in [4.78, 5) is 15.8. The Balaban J connectivity index is 1.55. The van der Waals surface area contributed by atoms with Crippen LogP contribution in [0.5, 0.6) is 28.7 Å². The summed E-state index contributed by atoms with van der Waals surface area (Å²) >= 11 is 0. The van der Waals surface area contributed by atoms with Crippen molar-refractivity contribution in [2.45, 2.75) is 38.5 Å². The first-order valence-corrected chi connectivity index (χ1v) is 13.7. The molecule has 8 nitrogen and oxygen atoms in total. The van der Waals surface area contributed by atoms with E-state index in [1.807, 2.05) is 48.5 Å². The van der Waals surface area contributed by atoms with Crippen LogP contribution in [0.2, 0.25) is 0 Å². The van der Waals surface area contributed by atoms with Crippen molar-refractivity contribution >= 4 is 5.97 Å². The third-order valence-electron chi connectivity index (χ3n) is 7.98. The van der Waals surface area contributed by atoms with Crippen LogP contribution in [0.15, 0.2) is 48.5 Å². The monoisotopic (exact) mass is 555 g/mol. The molecule has 0 fully saturated rings. The fourth-order valence-corrected chi connectivity index (χ4v) is 6.18. The standard InChI is InChI=1S/C33H33NO7/c1-19(2)23(13-11-20-9-7-6-8-10-20)34-16-15-21-17-25-31(40-18-39-25)32(38-5)26(21)28(34)29-22-12-14-24(36-3)30(37-4)27(22)33(35)41-29/h6-10,12,14,17,19,23,28-29H,15-16,18H2,1-5H3/t23?,28-,29+/m0/s1. The number of hydrogen-bond donors (Lipinski definition) is 0. The molecule has 0 spiro atoms. The van der Waals surface area contributed by atoms with E-state index in [0.29, 0.717) is 40.9 Å². The van der Waals surface area contributed by atoms with Crippen LogP contribution in [0.25, 0.3) is 0 Å². The van der Waals surface area contributed by atoms with Crippen molar-refractivity contribution in [1.82, 2.24) is 4.90 Å². The summed E-state index contributed by atoms with van der Waals surface area (Å²) in [6.45, 7) is 5.15. The number of cyclic esters (lactones) is 1.